The smallest absolute Gasteiger partial charge is 0.115 e. The number of hydrogen-bond acceptors (Lipinski definition) is 3. The molecule has 0 bridgehead atoms. The largest absolute Gasteiger partial charge is 0.508 e. The number of benzene rings is 2. The van der Waals surface area contributed by atoms with Gasteiger partial charge in [-0.3, -0.25) is 9.80 Å². The van der Waals surface area contributed by atoms with E-state index in [-0.39, 0.29) is 0 Å². The van der Waals surface area contributed by atoms with E-state index in [0.717, 1.165) is 13.1 Å². The summed E-state index contributed by atoms with van der Waals surface area (Å²) in [4.78, 5) is 5.24. The monoisotopic (exact) mass is 350 g/mol. The van der Waals surface area contributed by atoms with E-state index < -0.39 is 0 Å². The topological polar surface area (TPSA) is 26.7 Å². The van der Waals surface area contributed by atoms with Crippen molar-refractivity contribution in [2.24, 2.45) is 5.41 Å². The summed E-state index contributed by atoms with van der Waals surface area (Å²) in [5.41, 5.74) is 4.47. The van der Waals surface area contributed by atoms with E-state index in [0.29, 0.717) is 11.2 Å². The third-order valence-electron chi connectivity index (χ3n) is 6.06. The highest BCUT2D eigenvalue weighted by Gasteiger charge is 2.41. The minimum atomic E-state index is 0.374. The number of likely N-dealkylation sites (tertiary alicyclic amines) is 2. The van der Waals surface area contributed by atoms with Gasteiger partial charge in [0.15, 0.2) is 0 Å². The molecule has 0 radical (unpaired) electrons. The molecule has 3 heteroatoms. The molecule has 2 saturated heterocycles. The summed E-state index contributed by atoms with van der Waals surface area (Å²) >= 11 is 0. The molecule has 0 aliphatic carbocycles. The molecule has 1 spiro atoms. The summed E-state index contributed by atoms with van der Waals surface area (Å²) in [7, 11) is 0. The summed E-state index contributed by atoms with van der Waals surface area (Å²) in [5, 5.41) is 9.70. The first-order valence-electron chi connectivity index (χ1n) is 9.89. The van der Waals surface area contributed by atoms with Crippen LogP contribution in [0.2, 0.25) is 0 Å². The third-order valence-corrected chi connectivity index (χ3v) is 6.06. The Balaban J connectivity index is 1.38. The van der Waals surface area contributed by atoms with Gasteiger partial charge in [0.05, 0.1) is 0 Å². The molecule has 2 aromatic carbocycles. The summed E-state index contributed by atoms with van der Waals surface area (Å²) in [5.74, 6) is 0.374. The predicted molar refractivity (Wildman–Crippen MR) is 106 cm³/mol. The minimum absolute atomic E-state index is 0.374. The van der Waals surface area contributed by atoms with Crippen LogP contribution < -0.4 is 0 Å². The van der Waals surface area contributed by atoms with Gasteiger partial charge in [-0.15, -0.1) is 0 Å². The van der Waals surface area contributed by atoms with Gasteiger partial charge in [-0.05, 0) is 68.0 Å². The third kappa shape index (κ3) is 4.11. The molecule has 1 atom stereocenters. The van der Waals surface area contributed by atoms with E-state index in [4.69, 9.17) is 0 Å². The molecule has 4 rings (SSSR count). The van der Waals surface area contributed by atoms with Crippen LogP contribution in [0.4, 0.5) is 0 Å². The summed E-state index contributed by atoms with van der Waals surface area (Å²) in [6.45, 7) is 9.02. The number of phenolic OH excluding ortho intramolecular Hbond substituents is 1. The Morgan fingerprint density at radius 3 is 2.31 bits per heavy atom. The van der Waals surface area contributed by atoms with E-state index >= 15 is 0 Å². The molecule has 2 fully saturated rings. The highest BCUT2D eigenvalue weighted by molar-refractivity contribution is 5.27. The SMILES string of the molecule is Cc1cccc(CN2CCC[C@]3(CCN(Cc4cccc(O)c4)C3)C2)c1. The first kappa shape index (κ1) is 17.6. The van der Waals surface area contributed by atoms with Crippen LogP contribution in [0.15, 0.2) is 48.5 Å². The zero-order chi connectivity index (χ0) is 18.0. The average molecular weight is 351 g/mol. The fourth-order valence-corrected chi connectivity index (χ4v) is 4.92. The average Bonchev–Trinajstić information content (AvgIpc) is 2.97. The van der Waals surface area contributed by atoms with Crippen LogP contribution in [0, 0.1) is 12.3 Å². The molecule has 26 heavy (non-hydrogen) atoms. The molecule has 2 aliphatic heterocycles. The van der Waals surface area contributed by atoms with Crippen LogP contribution >= 0.6 is 0 Å². The highest BCUT2D eigenvalue weighted by Crippen LogP contribution is 2.39. The van der Waals surface area contributed by atoms with Crippen molar-refractivity contribution in [1.82, 2.24) is 9.80 Å². The standard InChI is InChI=1S/C23H30N2O/c1-19-5-2-6-20(13-19)15-24-11-4-9-23(17-24)10-12-25(18-23)16-21-7-3-8-22(26)14-21/h2-3,5-8,13-14,26H,4,9-12,15-18H2,1H3/t23-/m0/s1. The maximum atomic E-state index is 9.70. The fourth-order valence-electron chi connectivity index (χ4n) is 4.92. The van der Waals surface area contributed by atoms with E-state index in [2.05, 4.69) is 47.1 Å². The van der Waals surface area contributed by atoms with Crippen molar-refractivity contribution in [3.63, 3.8) is 0 Å². The predicted octanol–water partition coefficient (Wildman–Crippen LogP) is 4.19. The van der Waals surface area contributed by atoms with Crippen molar-refractivity contribution in [2.75, 3.05) is 26.2 Å². The molecule has 2 heterocycles. The summed E-state index contributed by atoms with van der Waals surface area (Å²) in [6.07, 6.45) is 3.97. The number of nitrogens with zero attached hydrogens (tertiary/aromatic N) is 2. The zero-order valence-electron chi connectivity index (χ0n) is 15.8. The van der Waals surface area contributed by atoms with Crippen LogP contribution in [0.1, 0.15) is 36.0 Å². The Kier molecular flexibility index (Phi) is 5.01. The van der Waals surface area contributed by atoms with Crippen LogP contribution in [0.5, 0.6) is 5.75 Å². The molecular weight excluding hydrogens is 320 g/mol. The van der Waals surface area contributed by atoms with Crippen LogP contribution in [0.3, 0.4) is 0 Å². The van der Waals surface area contributed by atoms with Gasteiger partial charge in [-0.25, -0.2) is 0 Å². The number of aromatic hydroxyl groups is 1. The number of hydrogen-bond donors (Lipinski definition) is 1. The molecule has 2 aromatic rings. The minimum Gasteiger partial charge on any atom is -0.508 e. The molecule has 138 valence electrons. The van der Waals surface area contributed by atoms with E-state index in [1.54, 1.807) is 6.07 Å². The van der Waals surface area contributed by atoms with Crippen molar-refractivity contribution >= 4 is 0 Å². The number of rotatable bonds is 4. The normalized spacial score (nSPS) is 24.3. The number of phenols is 1. The second-order valence-electron chi connectivity index (χ2n) is 8.43. The maximum Gasteiger partial charge on any atom is 0.115 e. The fraction of sp³-hybridized carbons (Fsp3) is 0.478. The lowest BCUT2D eigenvalue weighted by Crippen LogP contribution is -2.44. The Hall–Kier alpha value is -1.84. The Bertz CT molecular complexity index is 759. The highest BCUT2D eigenvalue weighted by atomic mass is 16.3. The molecular formula is C23H30N2O. The molecule has 3 nitrogen and oxygen atoms in total. The summed E-state index contributed by atoms with van der Waals surface area (Å²) in [6, 6.07) is 16.7. The molecule has 2 aliphatic rings. The Morgan fingerprint density at radius 2 is 1.58 bits per heavy atom. The van der Waals surface area contributed by atoms with E-state index in [1.807, 2.05) is 12.1 Å². The van der Waals surface area contributed by atoms with Crippen molar-refractivity contribution in [3.8, 4) is 5.75 Å². The van der Waals surface area contributed by atoms with Crippen LogP contribution in [-0.4, -0.2) is 41.1 Å². The first-order chi connectivity index (χ1) is 12.6. The van der Waals surface area contributed by atoms with Gasteiger partial charge in [0.25, 0.3) is 0 Å². The van der Waals surface area contributed by atoms with Gasteiger partial charge < -0.3 is 5.11 Å². The maximum absolute atomic E-state index is 9.70. The van der Waals surface area contributed by atoms with Gasteiger partial charge in [-0.1, -0.05) is 42.0 Å². The summed E-state index contributed by atoms with van der Waals surface area (Å²) < 4.78 is 0. The molecule has 0 saturated carbocycles. The van der Waals surface area contributed by atoms with E-state index in [1.165, 1.54) is 62.1 Å². The second-order valence-corrected chi connectivity index (χ2v) is 8.43. The van der Waals surface area contributed by atoms with Gasteiger partial charge in [0.1, 0.15) is 5.75 Å². The van der Waals surface area contributed by atoms with Crippen LogP contribution in [-0.2, 0) is 13.1 Å². The van der Waals surface area contributed by atoms with Crippen molar-refractivity contribution < 1.29 is 5.11 Å². The molecule has 1 N–H and O–H groups in total. The van der Waals surface area contributed by atoms with Crippen molar-refractivity contribution in [1.29, 1.82) is 0 Å². The van der Waals surface area contributed by atoms with Crippen molar-refractivity contribution in [2.45, 2.75) is 39.3 Å². The Morgan fingerprint density at radius 1 is 0.885 bits per heavy atom. The lowest BCUT2D eigenvalue weighted by atomic mass is 9.79. The quantitative estimate of drug-likeness (QED) is 0.896. The molecule has 0 aromatic heterocycles. The van der Waals surface area contributed by atoms with Gasteiger partial charge >= 0.3 is 0 Å². The van der Waals surface area contributed by atoms with Gasteiger partial charge in [0.2, 0.25) is 0 Å². The van der Waals surface area contributed by atoms with Gasteiger partial charge in [-0.2, -0.15) is 0 Å². The van der Waals surface area contributed by atoms with E-state index in [9.17, 15) is 5.11 Å². The second kappa shape index (κ2) is 7.42. The Labute approximate surface area is 157 Å². The van der Waals surface area contributed by atoms with Crippen LogP contribution in [0.25, 0.3) is 0 Å². The lowest BCUT2D eigenvalue weighted by molar-refractivity contribution is 0.0866. The lowest BCUT2D eigenvalue weighted by Gasteiger charge is -2.40. The zero-order valence-corrected chi connectivity index (χ0v) is 15.8. The van der Waals surface area contributed by atoms with Gasteiger partial charge in [0, 0.05) is 26.2 Å². The van der Waals surface area contributed by atoms with Crippen molar-refractivity contribution in [3.05, 3.63) is 65.2 Å². The number of piperidine rings is 1. The molecule has 0 unspecified atom stereocenters. The number of aryl methyl sites for hydroxylation is 1. The first-order valence-corrected chi connectivity index (χ1v) is 9.89. The molecule has 0 amide bonds.